The summed E-state index contributed by atoms with van der Waals surface area (Å²) in [5.74, 6) is 0. The van der Waals surface area contributed by atoms with Crippen LogP contribution < -0.4 is 5.32 Å². The summed E-state index contributed by atoms with van der Waals surface area (Å²) in [5, 5.41) is 8.01. The highest BCUT2D eigenvalue weighted by Gasteiger charge is 2.08. The summed E-state index contributed by atoms with van der Waals surface area (Å²) >= 11 is 3.69. The van der Waals surface area contributed by atoms with Crippen LogP contribution in [0.1, 0.15) is 30.6 Å². The molecule has 0 bridgehead atoms. The third kappa shape index (κ3) is 4.65. The standard InChI is InChI=1S/C17H24N2S2/c1-2-8-19(9-3-1)10-5-7-18-13-16-12-15(14-21-16)17-6-4-11-20-17/h4,6,11-12,14,18H,1-3,5,7-10,13H2. The van der Waals surface area contributed by atoms with E-state index in [-0.39, 0.29) is 0 Å². The third-order valence-electron chi connectivity index (χ3n) is 4.04. The van der Waals surface area contributed by atoms with Crippen molar-refractivity contribution in [3.05, 3.63) is 33.8 Å². The second kappa shape index (κ2) is 8.08. The zero-order valence-corrected chi connectivity index (χ0v) is 14.1. The predicted octanol–water partition coefficient (Wildman–Crippen LogP) is 4.44. The Kier molecular flexibility index (Phi) is 5.86. The molecule has 1 aliphatic heterocycles. The Morgan fingerprint density at radius 3 is 2.86 bits per heavy atom. The zero-order chi connectivity index (χ0) is 14.3. The molecule has 1 saturated heterocycles. The van der Waals surface area contributed by atoms with Gasteiger partial charge in [-0.2, -0.15) is 0 Å². The molecule has 0 aliphatic carbocycles. The van der Waals surface area contributed by atoms with Crippen LogP contribution >= 0.6 is 22.7 Å². The van der Waals surface area contributed by atoms with Gasteiger partial charge in [0.1, 0.15) is 0 Å². The molecule has 0 atom stereocenters. The maximum Gasteiger partial charge on any atom is 0.0351 e. The lowest BCUT2D eigenvalue weighted by atomic mass is 10.1. The molecule has 0 spiro atoms. The van der Waals surface area contributed by atoms with Crippen molar-refractivity contribution in [1.29, 1.82) is 0 Å². The lowest BCUT2D eigenvalue weighted by Crippen LogP contribution is -2.32. The molecular weight excluding hydrogens is 296 g/mol. The van der Waals surface area contributed by atoms with E-state index >= 15 is 0 Å². The van der Waals surface area contributed by atoms with E-state index in [2.05, 4.69) is 39.2 Å². The number of hydrogen-bond acceptors (Lipinski definition) is 4. The Balaban J connectivity index is 1.34. The number of rotatable bonds is 7. The first kappa shape index (κ1) is 15.2. The van der Waals surface area contributed by atoms with Gasteiger partial charge < -0.3 is 10.2 Å². The number of likely N-dealkylation sites (tertiary alicyclic amines) is 1. The maximum atomic E-state index is 3.59. The fourth-order valence-corrected chi connectivity index (χ4v) is 4.51. The highest BCUT2D eigenvalue weighted by molar-refractivity contribution is 7.14. The van der Waals surface area contributed by atoms with Gasteiger partial charge in [-0.25, -0.2) is 0 Å². The number of hydrogen-bond donors (Lipinski definition) is 1. The fourth-order valence-electron chi connectivity index (χ4n) is 2.87. The van der Waals surface area contributed by atoms with Crippen molar-refractivity contribution in [1.82, 2.24) is 10.2 Å². The van der Waals surface area contributed by atoms with Crippen LogP contribution in [0.3, 0.4) is 0 Å². The van der Waals surface area contributed by atoms with Gasteiger partial charge in [0.05, 0.1) is 0 Å². The lowest BCUT2D eigenvalue weighted by molar-refractivity contribution is 0.226. The summed E-state index contributed by atoms with van der Waals surface area (Å²) < 4.78 is 0. The number of thiophene rings is 2. The molecule has 114 valence electrons. The van der Waals surface area contributed by atoms with Gasteiger partial charge in [-0.1, -0.05) is 12.5 Å². The van der Waals surface area contributed by atoms with E-state index in [1.165, 1.54) is 60.6 Å². The minimum absolute atomic E-state index is 1.01. The summed E-state index contributed by atoms with van der Waals surface area (Å²) in [4.78, 5) is 5.43. The first-order chi connectivity index (χ1) is 10.4. The van der Waals surface area contributed by atoms with E-state index in [4.69, 9.17) is 0 Å². The van der Waals surface area contributed by atoms with Crippen LogP contribution in [0, 0.1) is 0 Å². The van der Waals surface area contributed by atoms with Crippen molar-refractivity contribution in [2.24, 2.45) is 0 Å². The van der Waals surface area contributed by atoms with E-state index in [1.54, 1.807) is 0 Å². The SMILES string of the molecule is c1csc(-c2csc(CNCCCN3CCCCC3)c2)c1. The molecule has 0 aromatic carbocycles. The maximum absolute atomic E-state index is 3.59. The van der Waals surface area contributed by atoms with Crippen molar-refractivity contribution in [2.75, 3.05) is 26.2 Å². The van der Waals surface area contributed by atoms with Crippen molar-refractivity contribution >= 4 is 22.7 Å². The average Bonchev–Trinajstić information content (AvgIpc) is 3.19. The molecule has 1 N–H and O–H groups in total. The highest BCUT2D eigenvalue weighted by Crippen LogP contribution is 2.29. The highest BCUT2D eigenvalue weighted by atomic mass is 32.1. The normalized spacial score (nSPS) is 16.4. The van der Waals surface area contributed by atoms with Gasteiger partial charge >= 0.3 is 0 Å². The van der Waals surface area contributed by atoms with E-state index in [1.807, 2.05) is 22.7 Å². The van der Waals surface area contributed by atoms with Crippen molar-refractivity contribution in [3.8, 4) is 10.4 Å². The largest absolute Gasteiger partial charge is 0.312 e. The fraction of sp³-hybridized carbons (Fsp3) is 0.529. The van der Waals surface area contributed by atoms with Crippen molar-refractivity contribution < 1.29 is 0 Å². The van der Waals surface area contributed by atoms with Gasteiger partial charge in [0.25, 0.3) is 0 Å². The van der Waals surface area contributed by atoms with Gasteiger partial charge in [-0.3, -0.25) is 0 Å². The summed E-state index contributed by atoms with van der Waals surface area (Å²) in [7, 11) is 0. The van der Waals surface area contributed by atoms with Gasteiger partial charge in [0.2, 0.25) is 0 Å². The number of piperidine rings is 1. The summed E-state index contributed by atoms with van der Waals surface area (Å²) in [6.45, 7) is 6.03. The summed E-state index contributed by atoms with van der Waals surface area (Å²) in [5.41, 5.74) is 1.38. The Labute approximate surface area is 135 Å². The number of nitrogens with zero attached hydrogens (tertiary/aromatic N) is 1. The van der Waals surface area contributed by atoms with E-state index < -0.39 is 0 Å². The summed E-state index contributed by atoms with van der Waals surface area (Å²) in [6.07, 6.45) is 5.49. The first-order valence-electron chi connectivity index (χ1n) is 7.96. The molecule has 21 heavy (non-hydrogen) atoms. The predicted molar refractivity (Wildman–Crippen MR) is 94.2 cm³/mol. The second-order valence-corrected chi connectivity index (χ2v) is 7.66. The van der Waals surface area contributed by atoms with Crippen molar-refractivity contribution in [3.63, 3.8) is 0 Å². The first-order valence-corrected chi connectivity index (χ1v) is 9.72. The summed E-state index contributed by atoms with van der Waals surface area (Å²) in [6, 6.07) is 6.65. The smallest absolute Gasteiger partial charge is 0.0351 e. The molecule has 2 aromatic rings. The molecule has 0 radical (unpaired) electrons. The molecule has 3 rings (SSSR count). The van der Waals surface area contributed by atoms with Crippen LogP contribution in [0.4, 0.5) is 0 Å². The van der Waals surface area contributed by atoms with Crippen molar-refractivity contribution in [2.45, 2.75) is 32.2 Å². The molecule has 2 nitrogen and oxygen atoms in total. The van der Waals surface area contributed by atoms with Crippen LogP contribution in [-0.4, -0.2) is 31.1 Å². The number of nitrogens with one attached hydrogen (secondary N) is 1. The Hall–Kier alpha value is -0.680. The van der Waals surface area contributed by atoms with Gasteiger partial charge in [0, 0.05) is 21.9 Å². The molecular formula is C17H24N2S2. The molecule has 0 saturated carbocycles. The average molecular weight is 321 g/mol. The van der Waals surface area contributed by atoms with Crippen LogP contribution in [0.5, 0.6) is 0 Å². The van der Waals surface area contributed by atoms with Gasteiger partial charge in [-0.05, 0) is 68.3 Å². The van der Waals surface area contributed by atoms with Crippen LogP contribution in [0.15, 0.2) is 29.0 Å². The molecule has 3 heterocycles. The quantitative estimate of drug-likeness (QED) is 0.759. The van der Waals surface area contributed by atoms with Crippen LogP contribution in [0.25, 0.3) is 10.4 Å². The zero-order valence-electron chi connectivity index (χ0n) is 12.5. The Morgan fingerprint density at radius 1 is 1.14 bits per heavy atom. The molecule has 1 fully saturated rings. The lowest BCUT2D eigenvalue weighted by Gasteiger charge is -2.26. The van der Waals surface area contributed by atoms with Crippen LogP contribution in [-0.2, 0) is 6.54 Å². The second-order valence-electron chi connectivity index (χ2n) is 5.71. The van der Waals surface area contributed by atoms with E-state index in [9.17, 15) is 0 Å². The Bertz CT molecular complexity index is 513. The molecule has 4 heteroatoms. The minimum Gasteiger partial charge on any atom is -0.312 e. The topological polar surface area (TPSA) is 15.3 Å². The van der Waals surface area contributed by atoms with E-state index in [0.717, 1.165) is 13.1 Å². The Morgan fingerprint density at radius 2 is 2.05 bits per heavy atom. The van der Waals surface area contributed by atoms with E-state index in [0.29, 0.717) is 0 Å². The van der Waals surface area contributed by atoms with Crippen LogP contribution in [0.2, 0.25) is 0 Å². The molecule has 0 amide bonds. The monoisotopic (exact) mass is 320 g/mol. The molecule has 0 unspecified atom stereocenters. The third-order valence-corrected chi connectivity index (χ3v) is 5.89. The van der Waals surface area contributed by atoms with Gasteiger partial charge in [-0.15, -0.1) is 22.7 Å². The minimum atomic E-state index is 1.01. The van der Waals surface area contributed by atoms with Gasteiger partial charge in [0.15, 0.2) is 0 Å². The molecule has 1 aliphatic rings. The molecule has 2 aromatic heterocycles.